The molecule has 0 radical (unpaired) electrons. The highest BCUT2D eigenvalue weighted by Gasteiger charge is 2.53. The van der Waals surface area contributed by atoms with Crippen molar-refractivity contribution in [2.75, 3.05) is 0 Å². The molecule has 0 aliphatic heterocycles. The maximum Gasteiger partial charge on any atom is 0.220 e. The van der Waals surface area contributed by atoms with Gasteiger partial charge >= 0.3 is 0 Å². The molecule has 106 valence electrons. The van der Waals surface area contributed by atoms with Gasteiger partial charge in [0.1, 0.15) is 0 Å². The summed E-state index contributed by atoms with van der Waals surface area (Å²) in [5, 5.41) is 0. The number of rotatable bonds is 6. The van der Waals surface area contributed by atoms with Crippen LogP contribution in [0.5, 0.6) is 0 Å². The molecule has 2 nitrogen and oxygen atoms in total. The van der Waals surface area contributed by atoms with Crippen molar-refractivity contribution >= 4 is 5.91 Å². The van der Waals surface area contributed by atoms with E-state index in [2.05, 4.69) is 32.9 Å². The Kier molecular flexibility index (Phi) is 3.03. The molecule has 0 aromatic heterocycles. The molecule has 19 heavy (non-hydrogen) atoms. The van der Waals surface area contributed by atoms with Gasteiger partial charge in [0.15, 0.2) is 0 Å². The van der Waals surface area contributed by atoms with E-state index in [-0.39, 0.29) is 11.8 Å². The minimum atomic E-state index is -0.0872. The maximum atomic E-state index is 11.4. The highest BCUT2D eigenvalue weighted by atomic mass is 16.1. The summed E-state index contributed by atoms with van der Waals surface area (Å²) in [4.78, 5) is 11.4. The van der Waals surface area contributed by atoms with Gasteiger partial charge in [-0.3, -0.25) is 4.79 Å². The van der Waals surface area contributed by atoms with Crippen molar-refractivity contribution in [3.8, 4) is 0 Å². The van der Waals surface area contributed by atoms with Gasteiger partial charge in [-0.25, -0.2) is 0 Å². The molecule has 0 bridgehead atoms. The van der Waals surface area contributed by atoms with Crippen LogP contribution in [0.4, 0.5) is 0 Å². The standard InChI is InChI=1S/C17H27NO/c1-4-12(16(18)19)13-8-11(13)9-17(2,3)15-6-5-10-7-14(10)15/h5-6,10-15H,4,7-9H2,1-3H3,(H2,18,19)/t10?,11-,12+,13-,14?,15+/m0/s1. The predicted octanol–water partition coefficient (Wildman–Crippen LogP) is 3.37. The monoisotopic (exact) mass is 261 g/mol. The first-order valence-corrected chi connectivity index (χ1v) is 7.91. The van der Waals surface area contributed by atoms with Crippen LogP contribution in [-0.2, 0) is 4.79 Å². The fraction of sp³-hybridized carbons (Fsp3) is 0.824. The van der Waals surface area contributed by atoms with Crippen molar-refractivity contribution in [1.82, 2.24) is 0 Å². The predicted molar refractivity (Wildman–Crippen MR) is 77.2 cm³/mol. The summed E-state index contributed by atoms with van der Waals surface area (Å²) in [7, 11) is 0. The number of hydrogen-bond donors (Lipinski definition) is 1. The zero-order valence-electron chi connectivity index (χ0n) is 12.4. The van der Waals surface area contributed by atoms with Crippen molar-refractivity contribution in [3.63, 3.8) is 0 Å². The smallest absolute Gasteiger partial charge is 0.220 e. The Morgan fingerprint density at radius 3 is 2.58 bits per heavy atom. The van der Waals surface area contributed by atoms with Gasteiger partial charge in [-0.05, 0) is 60.7 Å². The van der Waals surface area contributed by atoms with Crippen LogP contribution in [-0.4, -0.2) is 5.91 Å². The Bertz CT molecular complexity index is 411. The molecule has 0 spiro atoms. The number of primary amides is 1. The third-order valence-electron chi connectivity index (χ3n) is 5.91. The van der Waals surface area contributed by atoms with Crippen LogP contribution in [0.3, 0.4) is 0 Å². The lowest BCUT2D eigenvalue weighted by molar-refractivity contribution is -0.122. The van der Waals surface area contributed by atoms with Gasteiger partial charge in [-0.15, -0.1) is 0 Å². The maximum absolute atomic E-state index is 11.4. The largest absolute Gasteiger partial charge is 0.369 e. The molecular weight excluding hydrogens is 234 g/mol. The van der Waals surface area contributed by atoms with E-state index in [9.17, 15) is 4.79 Å². The van der Waals surface area contributed by atoms with Crippen LogP contribution >= 0.6 is 0 Å². The van der Waals surface area contributed by atoms with Gasteiger partial charge in [0, 0.05) is 5.92 Å². The number of allylic oxidation sites excluding steroid dienone is 2. The summed E-state index contributed by atoms with van der Waals surface area (Å²) >= 11 is 0. The van der Waals surface area contributed by atoms with E-state index < -0.39 is 0 Å². The van der Waals surface area contributed by atoms with Gasteiger partial charge in [0.2, 0.25) is 5.91 Å². The zero-order chi connectivity index (χ0) is 13.8. The number of hydrogen-bond acceptors (Lipinski definition) is 1. The second kappa shape index (κ2) is 4.36. The Balaban J connectivity index is 1.58. The van der Waals surface area contributed by atoms with E-state index in [4.69, 9.17) is 5.73 Å². The molecule has 0 saturated heterocycles. The van der Waals surface area contributed by atoms with Crippen molar-refractivity contribution in [2.45, 2.75) is 46.5 Å². The number of fused-ring (bicyclic) bond motifs is 1. The van der Waals surface area contributed by atoms with Gasteiger partial charge < -0.3 is 5.73 Å². The van der Waals surface area contributed by atoms with Gasteiger partial charge in [-0.2, -0.15) is 0 Å². The molecule has 0 heterocycles. The molecule has 2 unspecified atom stereocenters. The summed E-state index contributed by atoms with van der Waals surface area (Å²) in [6, 6.07) is 0. The van der Waals surface area contributed by atoms with Crippen LogP contribution < -0.4 is 5.73 Å². The second-order valence-electron chi connectivity index (χ2n) is 7.74. The topological polar surface area (TPSA) is 43.1 Å². The van der Waals surface area contributed by atoms with Gasteiger partial charge in [-0.1, -0.05) is 32.9 Å². The molecule has 3 rings (SSSR count). The molecule has 3 aliphatic rings. The third-order valence-corrected chi connectivity index (χ3v) is 5.91. The first-order chi connectivity index (χ1) is 8.94. The molecule has 0 aromatic carbocycles. The number of carbonyl (C=O) groups excluding carboxylic acids is 1. The quantitative estimate of drug-likeness (QED) is 0.732. The second-order valence-corrected chi connectivity index (χ2v) is 7.74. The van der Waals surface area contributed by atoms with Crippen LogP contribution in [0, 0.1) is 40.9 Å². The summed E-state index contributed by atoms with van der Waals surface area (Å²) in [5.74, 6) is 3.94. The van der Waals surface area contributed by atoms with E-state index in [0.29, 0.717) is 11.3 Å². The molecule has 1 amide bonds. The fourth-order valence-electron chi connectivity index (χ4n) is 4.64. The van der Waals surface area contributed by atoms with E-state index >= 15 is 0 Å². The lowest BCUT2D eigenvalue weighted by Gasteiger charge is -2.32. The van der Waals surface area contributed by atoms with E-state index in [1.54, 1.807) is 0 Å². The Morgan fingerprint density at radius 2 is 2.11 bits per heavy atom. The molecule has 2 fully saturated rings. The van der Waals surface area contributed by atoms with Crippen LogP contribution in [0.15, 0.2) is 12.2 Å². The summed E-state index contributed by atoms with van der Waals surface area (Å²) in [6.45, 7) is 6.93. The first-order valence-electron chi connectivity index (χ1n) is 7.91. The Hall–Kier alpha value is -0.790. The molecule has 0 aromatic rings. The minimum absolute atomic E-state index is 0.0872. The van der Waals surface area contributed by atoms with E-state index in [1.165, 1.54) is 19.3 Å². The lowest BCUT2D eigenvalue weighted by Crippen LogP contribution is -2.27. The van der Waals surface area contributed by atoms with Crippen LogP contribution in [0.2, 0.25) is 0 Å². The first kappa shape index (κ1) is 13.2. The van der Waals surface area contributed by atoms with Crippen LogP contribution in [0.1, 0.15) is 46.5 Å². The summed E-state index contributed by atoms with van der Waals surface area (Å²) in [5.41, 5.74) is 5.91. The Morgan fingerprint density at radius 1 is 1.37 bits per heavy atom. The van der Waals surface area contributed by atoms with Crippen molar-refractivity contribution in [1.29, 1.82) is 0 Å². The SMILES string of the molecule is CC[C@@H](C(N)=O)[C@H]1C[C@H]1CC(C)(C)[C@@H]1C=CC2CC21. The number of carbonyl (C=O) groups is 1. The summed E-state index contributed by atoms with van der Waals surface area (Å²) in [6.07, 6.45) is 9.69. The highest BCUT2D eigenvalue weighted by molar-refractivity contribution is 5.77. The Labute approximate surface area is 116 Å². The van der Waals surface area contributed by atoms with Gasteiger partial charge in [0.25, 0.3) is 0 Å². The minimum Gasteiger partial charge on any atom is -0.369 e. The number of nitrogens with two attached hydrogens (primary N) is 1. The number of amides is 1. The summed E-state index contributed by atoms with van der Waals surface area (Å²) < 4.78 is 0. The zero-order valence-corrected chi connectivity index (χ0v) is 12.4. The molecule has 3 aliphatic carbocycles. The molecular formula is C17H27NO. The van der Waals surface area contributed by atoms with E-state index in [1.807, 2.05) is 0 Å². The van der Waals surface area contributed by atoms with Crippen molar-refractivity contribution < 1.29 is 4.79 Å². The fourth-order valence-corrected chi connectivity index (χ4v) is 4.64. The van der Waals surface area contributed by atoms with Crippen LogP contribution in [0.25, 0.3) is 0 Å². The average Bonchev–Trinajstić information content (AvgIpc) is 3.20. The lowest BCUT2D eigenvalue weighted by atomic mass is 9.72. The molecule has 2 heteroatoms. The van der Waals surface area contributed by atoms with Gasteiger partial charge in [0.05, 0.1) is 0 Å². The third kappa shape index (κ3) is 2.34. The van der Waals surface area contributed by atoms with Crippen molar-refractivity contribution in [2.24, 2.45) is 46.7 Å². The molecule has 2 saturated carbocycles. The van der Waals surface area contributed by atoms with Crippen molar-refractivity contribution in [3.05, 3.63) is 12.2 Å². The van der Waals surface area contributed by atoms with E-state index in [0.717, 1.165) is 30.1 Å². The average molecular weight is 261 g/mol. The highest BCUT2D eigenvalue weighted by Crippen LogP contribution is 2.60. The molecule has 6 atom stereocenters. The normalized spacial score (nSPS) is 40.9. The molecule has 2 N–H and O–H groups in total.